The van der Waals surface area contributed by atoms with Gasteiger partial charge in [-0.2, -0.15) is 5.10 Å². The molecule has 0 fully saturated rings. The van der Waals surface area contributed by atoms with Gasteiger partial charge >= 0.3 is 0 Å². The van der Waals surface area contributed by atoms with Gasteiger partial charge in [0.1, 0.15) is 23.2 Å². The number of hydrogen-bond donors (Lipinski definition) is 0. The first kappa shape index (κ1) is 12.0. The second kappa shape index (κ2) is 4.93. The molecule has 3 heterocycles. The minimum Gasteiger partial charge on any atom is -0.299 e. The number of rotatable bonds is 4. The molecule has 7 heteroatoms. The Hall–Kier alpha value is -2.02. The molecule has 0 spiro atoms. The Morgan fingerprint density at radius 2 is 2.32 bits per heavy atom. The number of hydrogen-bond acceptors (Lipinski definition) is 5. The molecule has 0 aliphatic heterocycles. The number of aryl methyl sites for hydroxylation is 2. The van der Waals surface area contributed by atoms with Crippen molar-refractivity contribution in [3.63, 3.8) is 0 Å². The van der Waals surface area contributed by atoms with Crippen LogP contribution in [0.2, 0.25) is 0 Å². The third-order valence-electron chi connectivity index (χ3n) is 3.03. The summed E-state index contributed by atoms with van der Waals surface area (Å²) in [5.41, 5.74) is 0.833. The summed E-state index contributed by atoms with van der Waals surface area (Å²) in [6.45, 7) is 0.775. The van der Waals surface area contributed by atoms with Gasteiger partial charge in [-0.3, -0.25) is 14.0 Å². The molecule has 0 amide bonds. The predicted molar refractivity (Wildman–Crippen MR) is 73.2 cm³/mol. The summed E-state index contributed by atoms with van der Waals surface area (Å²) >= 11 is 1.44. The van der Waals surface area contributed by atoms with E-state index in [1.807, 2.05) is 11.4 Å². The van der Waals surface area contributed by atoms with Crippen molar-refractivity contribution in [1.29, 1.82) is 0 Å². The van der Waals surface area contributed by atoms with E-state index in [2.05, 4.69) is 15.1 Å². The molecule has 3 rings (SSSR count). The molecule has 6 nitrogen and oxygen atoms in total. The van der Waals surface area contributed by atoms with Crippen LogP contribution in [0.3, 0.4) is 0 Å². The van der Waals surface area contributed by atoms with Gasteiger partial charge in [0.2, 0.25) is 0 Å². The number of nitrogens with zero attached hydrogens (tertiary/aromatic N) is 5. The molecular weight excluding hydrogens is 262 g/mol. The third-order valence-corrected chi connectivity index (χ3v) is 3.93. The first-order chi connectivity index (χ1) is 9.25. The molecule has 0 bridgehead atoms. The van der Waals surface area contributed by atoms with Crippen LogP contribution in [-0.4, -0.2) is 24.3 Å². The Balaban J connectivity index is 1.80. The van der Waals surface area contributed by atoms with Gasteiger partial charge in [-0.05, 0) is 17.9 Å². The van der Waals surface area contributed by atoms with E-state index < -0.39 is 0 Å². The summed E-state index contributed by atoms with van der Waals surface area (Å²) in [6, 6.07) is 1.89. The molecular formula is C12H13N5OS. The highest BCUT2D eigenvalue weighted by molar-refractivity contribution is 7.17. The van der Waals surface area contributed by atoms with E-state index in [0.717, 1.165) is 35.4 Å². The molecule has 3 aromatic heterocycles. The second-order valence-corrected chi connectivity index (χ2v) is 5.21. The van der Waals surface area contributed by atoms with E-state index >= 15 is 0 Å². The van der Waals surface area contributed by atoms with E-state index in [-0.39, 0.29) is 5.56 Å². The van der Waals surface area contributed by atoms with Crippen molar-refractivity contribution < 1.29 is 0 Å². The van der Waals surface area contributed by atoms with E-state index in [9.17, 15) is 4.79 Å². The van der Waals surface area contributed by atoms with Crippen molar-refractivity contribution in [2.45, 2.75) is 19.4 Å². The Kier molecular flexibility index (Phi) is 3.12. The predicted octanol–water partition coefficient (Wildman–Crippen LogP) is 1.22. The van der Waals surface area contributed by atoms with Crippen LogP contribution in [0.5, 0.6) is 0 Å². The summed E-state index contributed by atoms with van der Waals surface area (Å²) in [5, 5.41) is 5.95. The summed E-state index contributed by atoms with van der Waals surface area (Å²) in [5.74, 6) is 0.816. The first-order valence-corrected chi connectivity index (χ1v) is 6.89. The summed E-state index contributed by atoms with van der Waals surface area (Å²) in [4.78, 5) is 20.5. The molecule has 0 aliphatic carbocycles. The molecule has 0 aliphatic rings. The third kappa shape index (κ3) is 2.28. The van der Waals surface area contributed by atoms with Crippen LogP contribution in [-0.2, 0) is 20.0 Å². The monoisotopic (exact) mass is 275 g/mol. The molecule has 98 valence electrons. The van der Waals surface area contributed by atoms with Gasteiger partial charge in [-0.15, -0.1) is 11.3 Å². The molecule has 0 saturated heterocycles. The van der Waals surface area contributed by atoms with Gasteiger partial charge in [0.15, 0.2) is 0 Å². The molecule has 19 heavy (non-hydrogen) atoms. The van der Waals surface area contributed by atoms with Gasteiger partial charge in [0.05, 0.1) is 5.52 Å². The summed E-state index contributed by atoms with van der Waals surface area (Å²) in [6.07, 6.45) is 4.83. The van der Waals surface area contributed by atoms with Crippen LogP contribution in [0.4, 0.5) is 0 Å². The van der Waals surface area contributed by atoms with Crippen molar-refractivity contribution in [3.8, 4) is 0 Å². The van der Waals surface area contributed by atoms with E-state index in [0.29, 0.717) is 0 Å². The smallest absolute Gasteiger partial charge is 0.271 e. The molecule has 0 atom stereocenters. The topological polar surface area (TPSA) is 65.6 Å². The van der Waals surface area contributed by atoms with Crippen molar-refractivity contribution in [1.82, 2.24) is 24.3 Å². The Labute approximate surface area is 113 Å². The average Bonchev–Trinajstić information content (AvgIpc) is 3.06. The fourth-order valence-corrected chi connectivity index (χ4v) is 2.81. The zero-order valence-electron chi connectivity index (χ0n) is 10.5. The molecule has 0 N–H and O–H groups in total. The van der Waals surface area contributed by atoms with Crippen LogP contribution < -0.4 is 5.56 Å². The lowest BCUT2D eigenvalue weighted by Gasteiger charge is -2.07. The van der Waals surface area contributed by atoms with Gasteiger partial charge in [0.25, 0.3) is 5.56 Å². The maximum Gasteiger partial charge on any atom is 0.271 e. The van der Waals surface area contributed by atoms with Crippen molar-refractivity contribution in [2.24, 2.45) is 7.05 Å². The highest BCUT2D eigenvalue weighted by Crippen LogP contribution is 2.15. The van der Waals surface area contributed by atoms with Gasteiger partial charge in [0, 0.05) is 20.0 Å². The molecule has 0 aromatic carbocycles. The standard InChI is InChI=1S/C12H13N5OS/c1-16-10(3-2-5-17-8-13-7-14-17)15-9-4-6-19-11(9)12(16)18/h4,6-8H,2-3,5H2,1H3. The largest absolute Gasteiger partial charge is 0.299 e. The van der Waals surface area contributed by atoms with E-state index in [1.165, 1.54) is 17.7 Å². The Morgan fingerprint density at radius 3 is 3.11 bits per heavy atom. The second-order valence-electron chi connectivity index (χ2n) is 4.29. The van der Waals surface area contributed by atoms with Crippen LogP contribution in [0.25, 0.3) is 10.2 Å². The van der Waals surface area contributed by atoms with Gasteiger partial charge in [-0.1, -0.05) is 0 Å². The maximum absolute atomic E-state index is 12.1. The Morgan fingerprint density at radius 1 is 1.42 bits per heavy atom. The van der Waals surface area contributed by atoms with Crippen LogP contribution >= 0.6 is 11.3 Å². The van der Waals surface area contributed by atoms with Crippen LogP contribution in [0.1, 0.15) is 12.2 Å². The SMILES string of the molecule is Cn1c(CCCn2cncn2)nc2ccsc2c1=O. The van der Waals surface area contributed by atoms with Gasteiger partial charge < -0.3 is 0 Å². The molecule has 0 saturated carbocycles. The lowest BCUT2D eigenvalue weighted by Crippen LogP contribution is -2.21. The van der Waals surface area contributed by atoms with Crippen LogP contribution in [0.15, 0.2) is 28.9 Å². The first-order valence-electron chi connectivity index (χ1n) is 6.01. The maximum atomic E-state index is 12.1. The minimum absolute atomic E-state index is 0.0377. The molecule has 3 aromatic rings. The molecule has 0 unspecified atom stereocenters. The summed E-state index contributed by atoms with van der Waals surface area (Å²) in [7, 11) is 1.78. The number of aromatic nitrogens is 5. The van der Waals surface area contributed by atoms with Crippen LogP contribution in [0, 0.1) is 0 Å². The van der Waals surface area contributed by atoms with Crippen molar-refractivity contribution in [3.05, 3.63) is 40.3 Å². The zero-order valence-corrected chi connectivity index (χ0v) is 11.3. The van der Waals surface area contributed by atoms with Crippen molar-refractivity contribution >= 4 is 21.6 Å². The highest BCUT2D eigenvalue weighted by Gasteiger charge is 2.08. The Bertz CT molecular complexity index is 743. The van der Waals surface area contributed by atoms with E-state index in [1.54, 1.807) is 22.6 Å². The lowest BCUT2D eigenvalue weighted by molar-refractivity contribution is 0.560. The minimum atomic E-state index is 0.0377. The van der Waals surface area contributed by atoms with E-state index in [4.69, 9.17) is 0 Å². The fourth-order valence-electron chi connectivity index (χ4n) is 2.01. The average molecular weight is 275 g/mol. The van der Waals surface area contributed by atoms with Crippen molar-refractivity contribution in [2.75, 3.05) is 0 Å². The van der Waals surface area contributed by atoms with Gasteiger partial charge in [-0.25, -0.2) is 9.97 Å². The molecule has 0 radical (unpaired) electrons. The quantitative estimate of drug-likeness (QED) is 0.718. The number of fused-ring (bicyclic) bond motifs is 1. The summed E-state index contributed by atoms with van der Waals surface area (Å²) < 4.78 is 4.14. The highest BCUT2D eigenvalue weighted by atomic mass is 32.1. The number of thiophene rings is 1. The fraction of sp³-hybridized carbons (Fsp3) is 0.333. The normalized spacial score (nSPS) is 11.2. The zero-order chi connectivity index (χ0) is 13.2. The lowest BCUT2D eigenvalue weighted by atomic mass is 10.3.